The first-order valence-electron chi connectivity index (χ1n) is 10.4. The van der Waals surface area contributed by atoms with Crippen LogP contribution >= 0.6 is 0 Å². The average molecular weight is 373 g/mol. The maximum Gasteiger partial charge on any atom is 0.156 e. The van der Waals surface area contributed by atoms with E-state index in [9.17, 15) is 8.42 Å². The molecule has 0 saturated heterocycles. The fourth-order valence-corrected chi connectivity index (χ4v) is 7.41. The van der Waals surface area contributed by atoms with Crippen molar-refractivity contribution in [1.82, 2.24) is 0 Å². The summed E-state index contributed by atoms with van der Waals surface area (Å²) >= 11 is 0. The molecule has 146 valence electrons. The highest BCUT2D eigenvalue weighted by atomic mass is 32.2. The first-order chi connectivity index (χ1) is 12.0. The number of ether oxygens (including phenoxy) is 2. The van der Waals surface area contributed by atoms with Crippen LogP contribution in [0, 0.1) is 5.92 Å². The molecule has 0 aromatic rings. The van der Waals surface area contributed by atoms with Gasteiger partial charge in [-0.15, -0.1) is 0 Å². The third kappa shape index (κ3) is 4.98. The van der Waals surface area contributed by atoms with Crippen LogP contribution in [0.3, 0.4) is 0 Å². The second-order valence-corrected chi connectivity index (χ2v) is 11.2. The van der Waals surface area contributed by atoms with E-state index in [-0.39, 0.29) is 16.6 Å². The van der Waals surface area contributed by atoms with Crippen molar-refractivity contribution in [3.05, 3.63) is 0 Å². The molecular formula is C20H36O4S. The third-order valence-corrected chi connectivity index (χ3v) is 9.65. The summed E-state index contributed by atoms with van der Waals surface area (Å²) in [5.74, 6) is 0.698. The van der Waals surface area contributed by atoms with Gasteiger partial charge in [-0.2, -0.15) is 0 Å². The summed E-state index contributed by atoms with van der Waals surface area (Å²) in [6.07, 6.45) is 12.7. The van der Waals surface area contributed by atoms with Gasteiger partial charge in [0.05, 0.1) is 28.8 Å². The van der Waals surface area contributed by atoms with Crippen LogP contribution in [0.1, 0.15) is 84.0 Å². The van der Waals surface area contributed by atoms with E-state index in [1.807, 2.05) is 0 Å². The molecule has 3 fully saturated rings. The lowest BCUT2D eigenvalue weighted by atomic mass is 9.90. The van der Waals surface area contributed by atoms with Gasteiger partial charge < -0.3 is 9.47 Å². The summed E-state index contributed by atoms with van der Waals surface area (Å²) in [5.41, 5.74) is 0. The molecule has 0 aliphatic heterocycles. The zero-order chi connectivity index (χ0) is 17.9. The number of sulfone groups is 1. The van der Waals surface area contributed by atoms with Crippen LogP contribution in [0.4, 0.5) is 0 Å². The molecule has 0 amide bonds. The molecule has 3 rings (SSSR count). The predicted molar refractivity (Wildman–Crippen MR) is 101 cm³/mol. The average Bonchev–Trinajstić information content (AvgIpc) is 2.63. The number of methoxy groups -OCH3 is 1. The Balaban J connectivity index is 1.44. The van der Waals surface area contributed by atoms with Crippen LogP contribution in [0.15, 0.2) is 0 Å². The molecule has 0 bridgehead atoms. The lowest BCUT2D eigenvalue weighted by Gasteiger charge is -2.36. The largest absolute Gasteiger partial charge is 0.381 e. The van der Waals surface area contributed by atoms with E-state index in [0.717, 1.165) is 77.0 Å². The Hall–Kier alpha value is -0.130. The van der Waals surface area contributed by atoms with Crippen LogP contribution in [-0.2, 0) is 19.3 Å². The third-order valence-electron chi connectivity index (χ3n) is 6.85. The summed E-state index contributed by atoms with van der Waals surface area (Å²) in [4.78, 5) is 0. The van der Waals surface area contributed by atoms with Crippen molar-refractivity contribution in [2.24, 2.45) is 5.92 Å². The van der Waals surface area contributed by atoms with Crippen LogP contribution in [0.5, 0.6) is 0 Å². The Bertz CT molecular complexity index is 494. The zero-order valence-corrected chi connectivity index (χ0v) is 16.8. The van der Waals surface area contributed by atoms with Gasteiger partial charge in [-0.25, -0.2) is 8.42 Å². The molecule has 3 saturated carbocycles. The van der Waals surface area contributed by atoms with Crippen molar-refractivity contribution in [3.63, 3.8) is 0 Å². The molecular weight excluding hydrogens is 336 g/mol. The second kappa shape index (κ2) is 8.71. The maximum atomic E-state index is 13.0. The maximum absolute atomic E-state index is 13.0. The molecule has 0 N–H and O–H groups in total. The van der Waals surface area contributed by atoms with Crippen molar-refractivity contribution in [3.8, 4) is 0 Å². The lowest BCUT2D eigenvalue weighted by molar-refractivity contribution is -0.0650. The van der Waals surface area contributed by atoms with Gasteiger partial charge in [-0.1, -0.05) is 6.92 Å². The van der Waals surface area contributed by atoms with Crippen LogP contribution in [-0.4, -0.2) is 44.3 Å². The Labute approximate surface area is 154 Å². The van der Waals surface area contributed by atoms with E-state index < -0.39 is 9.84 Å². The molecule has 3 aliphatic rings. The molecule has 0 aromatic carbocycles. The Morgan fingerprint density at radius 1 is 0.640 bits per heavy atom. The van der Waals surface area contributed by atoms with E-state index >= 15 is 0 Å². The standard InChI is InChI=1S/C20H36O4S/c1-15-3-11-19(12-4-15)25(21,22)20-13-9-18(10-14-20)24-17-7-5-16(23-2)6-8-17/h15-20H,3-14H2,1-2H3. The van der Waals surface area contributed by atoms with Gasteiger partial charge in [0, 0.05) is 7.11 Å². The monoisotopic (exact) mass is 372 g/mol. The van der Waals surface area contributed by atoms with Crippen molar-refractivity contribution < 1.29 is 17.9 Å². The predicted octanol–water partition coefficient (Wildman–Crippen LogP) is 4.27. The minimum absolute atomic E-state index is 0.0736. The summed E-state index contributed by atoms with van der Waals surface area (Å²) in [7, 11) is -1.16. The first kappa shape index (κ1) is 19.6. The molecule has 4 nitrogen and oxygen atoms in total. The Kier molecular flexibility index (Phi) is 6.83. The molecule has 5 heteroatoms. The van der Waals surface area contributed by atoms with E-state index in [1.54, 1.807) is 7.11 Å². The molecule has 0 heterocycles. The highest BCUT2D eigenvalue weighted by Crippen LogP contribution is 2.36. The molecule has 0 atom stereocenters. The summed E-state index contributed by atoms with van der Waals surface area (Å²) < 4.78 is 37.6. The van der Waals surface area contributed by atoms with Gasteiger partial charge in [0.1, 0.15) is 0 Å². The van der Waals surface area contributed by atoms with Gasteiger partial charge in [0.15, 0.2) is 9.84 Å². The van der Waals surface area contributed by atoms with Gasteiger partial charge >= 0.3 is 0 Å². The lowest BCUT2D eigenvalue weighted by Crippen LogP contribution is -2.39. The van der Waals surface area contributed by atoms with E-state index in [0.29, 0.717) is 18.1 Å². The van der Waals surface area contributed by atoms with Crippen LogP contribution in [0.2, 0.25) is 0 Å². The Morgan fingerprint density at radius 2 is 1.04 bits per heavy atom. The van der Waals surface area contributed by atoms with Gasteiger partial charge in [0.2, 0.25) is 0 Å². The van der Waals surface area contributed by atoms with Gasteiger partial charge in [-0.05, 0) is 83.0 Å². The fraction of sp³-hybridized carbons (Fsp3) is 1.00. The minimum atomic E-state index is -2.95. The normalized spacial score (nSPS) is 40.7. The number of hydrogen-bond donors (Lipinski definition) is 0. The van der Waals surface area contributed by atoms with Crippen LogP contribution in [0.25, 0.3) is 0 Å². The molecule has 0 aromatic heterocycles. The number of rotatable bonds is 5. The molecule has 0 unspecified atom stereocenters. The minimum Gasteiger partial charge on any atom is -0.381 e. The quantitative estimate of drug-likeness (QED) is 0.723. The fourth-order valence-electron chi connectivity index (χ4n) is 5.00. The van der Waals surface area contributed by atoms with Crippen LogP contribution < -0.4 is 0 Å². The van der Waals surface area contributed by atoms with Crippen molar-refractivity contribution in [1.29, 1.82) is 0 Å². The SMILES string of the molecule is COC1CCC(OC2CCC(S(=O)(=O)C3CCC(C)CC3)CC2)CC1. The topological polar surface area (TPSA) is 52.6 Å². The Morgan fingerprint density at radius 3 is 1.52 bits per heavy atom. The van der Waals surface area contributed by atoms with Crippen molar-refractivity contribution in [2.75, 3.05) is 7.11 Å². The highest BCUT2D eigenvalue weighted by molar-refractivity contribution is 7.92. The smallest absolute Gasteiger partial charge is 0.156 e. The van der Waals surface area contributed by atoms with E-state index in [1.165, 1.54) is 0 Å². The van der Waals surface area contributed by atoms with E-state index in [2.05, 4.69) is 6.92 Å². The number of hydrogen-bond acceptors (Lipinski definition) is 4. The van der Waals surface area contributed by atoms with Gasteiger partial charge in [0.25, 0.3) is 0 Å². The van der Waals surface area contributed by atoms with Gasteiger partial charge in [-0.3, -0.25) is 0 Å². The molecule has 25 heavy (non-hydrogen) atoms. The highest BCUT2D eigenvalue weighted by Gasteiger charge is 2.38. The summed E-state index contributed by atoms with van der Waals surface area (Å²) in [6.45, 7) is 2.24. The van der Waals surface area contributed by atoms with E-state index in [4.69, 9.17) is 9.47 Å². The summed E-state index contributed by atoms with van der Waals surface area (Å²) in [5, 5.41) is -0.189. The zero-order valence-electron chi connectivity index (χ0n) is 16.0. The summed E-state index contributed by atoms with van der Waals surface area (Å²) in [6, 6.07) is 0. The molecule has 3 aliphatic carbocycles. The molecule has 0 radical (unpaired) electrons. The van der Waals surface area contributed by atoms with Crippen molar-refractivity contribution >= 4 is 9.84 Å². The first-order valence-corrected chi connectivity index (χ1v) is 12.0. The second-order valence-electron chi connectivity index (χ2n) is 8.64. The molecule has 0 spiro atoms. The van der Waals surface area contributed by atoms with Crippen molar-refractivity contribution in [2.45, 2.75) is 113 Å².